The van der Waals surface area contributed by atoms with Crippen LogP contribution in [0.1, 0.15) is 34.9 Å². The monoisotopic (exact) mass is 270 g/mol. The molecule has 0 aliphatic heterocycles. The molecule has 0 saturated carbocycles. The van der Waals surface area contributed by atoms with Gasteiger partial charge in [-0.1, -0.05) is 31.5 Å². The molecular weight excluding hydrogens is 252 g/mol. The van der Waals surface area contributed by atoms with E-state index in [0.29, 0.717) is 10.6 Å². The summed E-state index contributed by atoms with van der Waals surface area (Å²) in [6, 6.07) is 8.51. The zero-order valence-corrected chi connectivity index (χ0v) is 12.4. The molecule has 1 aromatic carbocycles. The van der Waals surface area contributed by atoms with Gasteiger partial charge in [0, 0.05) is 4.88 Å². The maximum Gasteiger partial charge on any atom is 0.128 e. The summed E-state index contributed by atoms with van der Waals surface area (Å²) < 4.78 is 0. The minimum atomic E-state index is 0.638. The van der Waals surface area contributed by atoms with Crippen LogP contribution in [0.3, 0.4) is 0 Å². The average molecular weight is 270 g/mol. The molecule has 0 unspecified atom stereocenters. The number of rotatable bonds is 3. The van der Waals surface area contributed by atoms with Crippen molar-refractivity contribution in [2.24, 2.45) is 0 Å². The molecule has 2 aromatic rings. The van der Waals surface area contributed by atoms with Gasteiger partial charge in [0.05, 0.1) is 5.69 Å². The van der Waals surface area contributed by atoms with Crippen molar-refractivity contribution in [3.8, 4) is 16.5 Å². The Bertz CT molecular complexity index is 647. The molecule has 0 bridgehead atoms. The molecule has 0 fully saturated rings. The Balaban J connectivity index is 2.68. The van der Waals surface area contributed by atoms with E-state index >= 15 is 0 Å². The van der Waals surface area contributed by atoms with Crippen LogP contribution in [-0.2, 0) is 6.42 Å². The highest BCUT2D eigenvalue weighted by Gasteiger charge is 2.18. The lowest BCUT2D eigenvalue weighted by atomic mass is 9.98. The molecule has 0 spiro atoms. The van der Waals surface area contributed by atoms with Crippen molar-refractivity contribution in [3.05, 3.63) is 39.8 Å². The van der Waals surface area contributed by atoms with Crippen LogP contribution in [0, 0.1) is 25.2 Å². The number of anilines is 1. The van der Waals surface area contributed by atoms with Gasteiger partial charge in [-0.15, -0.1) is 11.3 Å². The Morgan fingerprint density at radius 2 is 2.05 bits per heavy atom. The number of nitrogens with two attached hydrogens (primary N) is 1. The lowest BCUT2D eigenvalue weighted by Crippen LogP contribution is -1.94. The molecule has 2 rings (SSSR count). The van der Waals surface area contributed by atoms with Crippen LogP contribution in [0.25, 0.3) is 10.4 Å². The van der Waals surface area contributed by atoms with E-state index in [2.05, 4.69) is 45.0 Å². The molecule has 2 N–H and O–H groups in total. The van der Waals surface area contributed by atoms with E-state index < -0.39 is 0 Å². The molecule has 1 aromatic heterocycles. The van der Waals surface area contributed by atoms with Gasteiger partial charge in [-0.25, -0.2) is 0 Å². The van der Waals surface area contributed by atoms with Crippen LogP contribution in [0.4, 0.5) is 5.69 Å². The number of hydrogen-bond donors (Lipinski definition) is 1. The van der Waals surface area contributed by atoms with E-state index in [-0.39, 0.29) is 0 Å². The zero-order chi connectivity index (χ0) is 14.0. The standard InChI is InChI=1S/C16H18N2S/c1-4-6-13-15(18)14(9-17)19-16(13)12-8-5-7-10(2)11(12)3/h5,7-8H,4,6,18H2,1-3H3. The fourth-order valence-corrected chi connectivity index (χ4v) is 3.42. The van der Waals surface area contributed by atoms with Crippen molar-refractivity contribution in [3.63, 3.8) is 0 Å². The van der Waals surface area contributed by atoms with Gasteiger partial charge >= 0.3 is 0 Å². The van der Waals surface area contributed by atoms with Crippen molar-refractivity contribution in [2.75, 3.05) is 5.73 Å². The topological polar surface area (TPSA) is 49.8 Å². The van der Waals surface area contributed by atoms with Crippen LogP contribution in [-0.4, -0.2) is 0 Å². The lowest BCUT2D eigenvalue weighted by molar-refractivity contribution is 0.929. The normalized spacial score (nSPS) is 10.4. The van der Waals surface area contributed by atoms with Crippen LogP contribution >= 0.6 is 11.3 Å². The first-order valence-electron chi connectivity index (χ1n) is 6.48. The van der Waals surface area contributed by atoms with E-state index in [9.17, 15) is 5.26 Å². The van der Waals surface area contributed by atoms with E-state index in [1.807, 2.05) is 0 Å². The van der Waals surface area contributed by atoms with Gasteiger partial charge in [0.25, 0.3) is 0 Å². The zero-order valence-electron chi connectivity index (χ0n) is 11.6. The van der Waals surface area contributed by atoms with Crippen molar-refractivity contribution in [1.29, 1.82) is 5.26 Å². The molecule has 1 heterocycles. The maximum atomic E-state index is 9.18. The number of nitrogens with zero attached hydrogens (tertiary/aromatic N) is 1. The maximum absolute atomic E-state index is 9.18. The summed E-state index contributed by atoms with van der Waals surface area (Å²) in [7, 11) is 0. The van der Waals surface area contributed by atoms with Crippen LogP contribution in [0.5, 0.6) is 0 Å². The minimum Gasteiger partial charge on any atom is -0.397 e. The van der Waals surface area contributed by atoms with Gasteiger partial charge in [0.1, 0.15) is 10.9 Å². The van der Waals surface area contributed by atoms with E-state index in [0.717, 1.165) is 23.3 Å². The molecule has 19 heavy (non-hydrogen) atoms. The predicted molar refractivity (Wildman–Crippen MR) is 82.4 cm³/mol. The molecule has 0 atom stereocenters. The Morgan fingerprint density at radius 1 is 1.32 bits per heavy atom. The quantitative estimate of drug-likeness (QED) is 0.896. The molecule has 3 heteroatoms. The van der Waals surface area contributed by atoms with E-state index in [1.54, 1.807) is 0 Å². The highest BCUT2D eigenvalue weighted by atomic mass is 32.1. The summed E-state index contributed by atoms with van der Waals surface area (Å²) in [6.07, 6.45) is 1.95. The number of thiophene rings is 1. The van der Waals surface area contributed by atoms with E-state index in [4.69, 9.17) is 5.73 Å². The summed E-state index contributed by atoms with van der Waals surface area (Å²) in [5.74, 6) is 0. The first-order valence-corrected chi connectivity index (χ1v) is 7.29. The minimum absolute atomic E-state index is 0.638. The van der Waals surface area contributed by atoms with Crippen LogP contribution in [0.2, 0.25) is 0 Å². The number of hydrogen-bond acceptors (Lipinski definition) is 3. The third kappa shape index (κ3) is 2.36. The Hall–Kier alpha value is -1.79. The number of nitriles is 1. The van der Waals surface area contributed by atoms with Gasteiger partial charge < -0.3 is 5.73 Å². The lowest BCUT2D eigenvalue weighted by Gasteiger charge is -2.09. The fraction of sp³-hybridized carbons (Fsp3) is 0.312. The summed E-state index contributed by atoms with van der Waals surface area (Å²) >= 11 is 1.52. The molecule has 2 nitrogen and oxygen atoms in total. The molecule has 0 aliphatic rings. The first kappa shape index (κ1) is 13.6. The van der Waals surface area contributed by atoms with Gasteiger partial charge in [0.15, 0.2) is 0 Å². The van der Waals surface area contributed by atoms with Crippen LogP contribution < -0.4 is 5.73 Å². The van der Waals surface area contributed by atoms with Crippen molar-refractivity contribution in [2.45, 2.75) is 33.6 Å². The molecular formula is C16H18N2S. The molecule has 0 radical (unpaired) electrons. The smallest absolute Gasteiger partial charge is 0.128 e. The van der Waals surface area contributed by atoms with E-state index in [1.165, 1.54) is 28.0 Å². The molecule has 98 valence electrons. The van der Waals surface area contributed by atoms with Crippen molar-refractivity contribution < 1.29 is 0 Å². The van der Waals surface area contributed by atoms with Crippen LogP contribution in [0.15, 0.2) is 18.2 Å². The summed E-state index contributed by atoms with van der Waals surface area (Å²) in [6.45, 7) is 6.37. The summed E-state index contributed by atoms with van der Waals surface area (Å²) in [5, 5.41) is 9.18. The third-order valence-corrected chi connectivity index (χ3v) is 4.68. The number of aryl methyl sites for hydroxylation is 1. The van der Waals surface area contributed by atoms with Crippen molar-refractivity contribution in [1.82, 2.24) is 0 Å². The largest absolute Gasteiger partial charge is 0.397 e. The SMILES string of the molecule is CCCc1c(-c2cccc(C)c2C)sc(C#N)c1N. The Morgan fingerprint density at radius 3 is 2.68 bits per heavy atom. The second-order valence-electron chi connectivity index (χ2n) is 4.76. The molecule has 0 aliphatic carbocycles. The average Bonchev–Trinajstić information content (AvgIpc) is 2.71. The fourth-order valence-electron chi connectivity index (χ4n) is 2.27. The Kier molecular flexibility index (Phi) is 3.92. The second kappa shape index (κ2) is 5.46. The first-order chi connectivity index (χ1) is 9.10. The molecule has 0 amide bonds. The highest BCUT2D eigenvalue weighted by molar-refractivity contribution is 7.16. The second-order valence-corrected chi connectivity index (χ2v) is 5.78. The highest BCUT2D eigenvalue weighted by Crippen LogP contribution is 2.40. The molecule has 0 saturated heterocycles. The number of benzene rings is 1. The van der Waals surface area contributed by atoms with Crippen molar-refractivity contribution >= 4 is 17.0 Å². The third-order valence-electron chi connectivity index (χ3n) is 3.50. The van der Waals surface area contributed by atoms with Gasteiger partial charge in [-0.3, -0.25) is 0 Å². The van der Waals surface area contributed by atoms with Gasteiger partial charge in [0.2, 0.25) is 0 Å². The predicted octanol–water partition coefficient (Wildman–Crippen LogP) is 4.44. The van der Waals surface area contributed by atoms with Gasteiger partial charge in [-0.05, 0) is 42.5 Å². The van der Waals surface area contributed by atoms with Gasteiger partial charge in [-0.2, -0.15) is 5.26 Å². The number of nitrogen functional groups attached to an aromatic ring is 1. The summed E-state index contributed by atoms with van der Waals surface area (Å²) in [5.41, 5.74) is 11.7. The Labute approximate surface area is 118 Å². The summed E-state index contributed by atoms with van der Waals surface area (Å²) in [4.78, 5) is 1.80.